The second kappa shape index (κ2) is 7.98. The zero-order chi connectivity index (χ0) is 13.4. The first-order chi connectivity index (χ1) is 8.69. The maximum atomic E-state index is 12.9. The van der Waals surface area contributed by atoms with Crippen LogP contribution in [0.15, 0.2) is 42.0 Å². The van der Waals surface area contributed by atoms with E-state index in [9.17, 15) is 13.9 Å². The second-order valence-corrected chi connectivity index (χ2v) is 4.46. The van der Waals surface area contributed by atoms with E-state index in [0.29, 0.717) is 12.8 Å². The molecule has 0 aliphatic heterocycles. The third kappa shape index (κ3) is 4.57. The van der Waals surface area contributed by atoms with Crippen molar-refractivity contribution in [3.8, 4) is 0 Å². The molecule has 1 unspecified atom stereocenters. The van der Waals surface area contributed by atoms with Crippen LogP contribution in [-0.4, -0.2) is 11.7 Å². The first-order valence-corrected chi connectivity index (χ1v) is 6.37. The van der Waals surface area contributed by atoms with Gasteiger partial charge in [-0.1, -0.05) is 43.7 Å². The standard InChI is InChI=1S/C15H20F2O/c1-2-3-9-14(15(16)17)13(11-18)10-12-7-5-4-6-8-12/h4-8,13,18H,2-3,9-11H2,1H3. The molecule has 1 aromatic carbocycles. The minimum absolute atomic E-state index is 0.114. The quantitative estimate of drug-likeness (QED) is 0.774. The van der Waals surface area contributed by atoms with Crippen molar-refractivity contribution >= 4 is 0 Å². The predicted octanol–water partition coefficient (Wildman–Crippen LogP) is 4.18. The molecule has 0 aliphatic rings. The average molecular weight is 254 g/mol. The van der Waals surface area contributed by atoms with Crippen molar-refractivity contribution < 1.29 is 13.9 Å². The molecular formula is C15H20F2O. The molecular weight excluding hydrogens is 234 g/mol. The molecule has 0 bridgehead atoms. The lowest BCUT2D eigenvalue weighted by molar-refractivity contribution is 0.234. The van der Waals surface area contributed by atoms with Crippen LogP contribution in [0.25, 0.3) is 0 Å². The number of hydrogen-bond donors (Lipinski definition) is 1. The van der Waals surface area contributed by atoms with Crippen LogP contribution in [0.3, 0.4) is 0 Å². The minimum atomic E-state index is -1.63. The van der Waals surface area contributed by atoms with Crippen LogP contribution < -0.4 is 0 Å². The number of unbranched alkanes of at least 4 members (excludes halogenated alkanes) is 1. The van der Waals surface area contributed by atoms with Gasteiger partial charge in [-0.05, 0) is 24.8 Å². The highest BCUT2D eigenvalue weighted by Crippen LogP contribution is 2.26. The van der Waals surface area contributed by atoms with Crippen LogP contribution in [0.1, 0.15) is 31.7 Å². The Morgan fingerprint density at radius 3 is 2.39 bits per heavy atom. The molecule has 3 heteroatoms. The van der Waals surface area contributed by atoms with Crippen LogP contribution in [0.4, 0.5) is 8.78 Å². The molecule has 0 amide bonds. The van der Waals surface area contributed by atoms with Gasteiger partial charge in [-0.25, -0.2) is 0 Å². The first kappa shape index (κ1) is 14.8. The molecule has 1 aromatic rings. The van der Waals surface area contributed by atoms with Crippen molar-refractivity contribution in [2.75, 3.05) is 6.61 Å². The molecule has 0 heterocycles. The fourth-order valence-electron chi connectivity index (χ4n) is 2.02. The molecule has 0 saturated heterocycles. The van der Waals surface area contributed by atoms with Gasteiger partial charge in [0.15, 0.2) is 0 Å². The number of aliphatic hydroxyl groups excluding tert-OH is 1. The summed E-state index contributed by atoms with van der Waals surface area (Å²) in [7, 11) is 0. The molecule has 0 radical (unpaired) electrons. The fourth-order valence-corrected chi connectivity index (χ4v) is 2.02. The lowest BCUT2D eigenvalue weighted by Gasteiger charge is -2.17. The Hall–Kier alpha value is -1.22. The summed E-state index contributed by atoms with van der Waals surface area (Å²) in [6, 6.07) is 9.45. The van der Waals surface area contributed by atoms with E-state index >= 15 is 0 Å². The molecule has 0 aromatic heterocycles. The first-order valence-electron chi connectivity index (χ1n) is 6.37. The summed E-state index contributed by atoms with van der Waals surface area (Å²) in [6.07, 6.45) is 0.821. The van der Waals surface area contributed by atoms with Gasteiger partial charge in [-0.15, -0.1) is 0 Å². The third-order valence-electron chi connectivity index (χ3n) is 3.08. The Labute approximate surface area is 107 Å². The van der Waals surface area contributed by atoms with E-state index in [-0.39, 0.29) is 12.2 Å². The molecule has 0 aliphatic carbocycles. The summed E-state index contributed by atoms with van der Waals surface area (Å²) in [4.78, 5) is 0. The van der Waals surface area contributed by atoms with E-state index in [1.165, 1.54) is 0 Å². The number of aliphatic hydroxyl groups is 1. The molecule has 1 atom stereocenters. The summed E-state index contributed by atoms with van der Waals surface area (Å²) >= 11 is 0. The van der Waals surface area contributed by atoms with Gasteiger partial charge in [0.2, 0.25) is 0 Å². The van der Waals surface area contributed by atoms with Crippen molar-refractivity contribution in [1.82, 2.24) is 0 Å². The summed E-state index contributed by atoms with van der Waals surface area (Å²) < 4.78 is 25.9. The number of rotatable bonds is 7. The molecule has 1 nitrogen and oxygen atoms in total. The summed E-state index contributed by atoms with van der Waals surface area (Å²) in [5, 5.41) is 9.34. The Morgan fingerprint density at radius 2 is 1.89 bits per heavy atom. The van der Waals surface area contributed by atoms with Gasteiger partial charge in [0.25, 0.3) is 6.08 Å². The highest BCUT2D eigenvalue weighted by atomic mass is 19.3. The van der Waals surface area contributed by atoms with E-state index < -0.39 is 12.0 Å². The highest BCUT2D eigenvalue weighted by molar-refractivity contribution is 5.19. The van der Waals surface area contributed by atoms with Crippen molar-refractivity contribution in [1.29, 1.82) is 0 Å². The van der Waals surface area contributed by atoms with Crippen LogP contribution in [0.2, 0.25) is 0 Å². The van der Waals surface area contributed by atoms with E-state index in [1.807, 2.05) is 37.3 Å². The largest absolute Gasteiger partial charge is 0.396 e. The van der Waals surface area contributed by atoms with E-state index in [2.05, 4.69) is 0 Å². The monoisotopic (exact) mass is 254 g/mol. The van der Waals surface area contributed by atoms with Crippen molar-refractivity contribution in [2.45, 2.75) is 32.6 Å². The third-order valence-corrected chi connectivity index (χ3v) is 3.08. The Kier molecular flexibility index (Phi) is 6.58. The Morgan fingerprint density at radius 1 is 1.22 bits per heavy atom. The lowest BCUT2D eigenvalue weighted by Crippen LogP contribution is -2.14. The minimum Gasteiger partial charge on any atom is -0.396 e. The van der Waals surface area contributed by atoms with Gasteiger partial charge in [0, 0.05) is 11.5 Å². The number of benzene rings is 1. The molecule has 0 fully saturated rings. The summed E-state index contributed by atoms with van der Waals surface area (Å²) in [5.74, 6) is -0.469. The fraction of sp³-hybridized carbons (Fsp3) is 0.467. The van der Waals surface area contributed by atoms with Crippen LogP contribution in [0, 0.1) is 5.92 Å². The van der Waals surface area contributed by atoms with Gasteiger partial charge in [0.05, 0.1) is 6.61 Å². The molecule has 18 heavy (non-hydrogen) atoms. The molecule has 1 N–H and O–H groups in total. The maximum Gasteiger partial charge on any atom is 0.269 e. The lowest BCUT2D eigenvalue weighted by atomic mass is 9.90. The predicted molar refractivity (Wildman–Crippen MR) is 69.5 cm³/mol. The van der Waals surface area contributed by atoms with Crippen LogP contribution in [-0.2, 0) is 6.42 Å². The second-order valence-electron chi connectivity index (χ2n) is 4.46. The van der Waals surface area contributed by atoms with Gasteiger partial charge in [-0.2, -0.15) is 8.78 Å². The molecule has 1 rings (SSSR count). The zero-order valence-electron chi connectivity index (χ0n) is 10.7. The van der Waals surface area contributed by atoms with E-state index in [1.54, 1.807) is 0 Å². The van der Waals surface area contributed by atoms with E-state index in [0.717, 1.165) is 18.4 Å². The Balaban J connectivity index is 2.77. The van der Waals surface area contributed by atoms with Gasteiger partial charge in [-0.3, -0.25) is 0 Å². The average Bonchev–Trinajstić information content (AvgIpc) is 2.38. The maximum absolute atomic E-state index is 12.9. The smallest absolute Gasteiger partial charge is 0.269 e. The zero-order valence-corrected chi connectivity index (χ0v) is 10.7. The Bertz CT molecular complexity index is 369. The molecule has 0 spiro atoms. The SMILES string of the molecule is CCCCC(=C(F)F)C(CO)Cc1ccccc1. The van der Waals surface area contributed by atoms with Crippen LogP contribution >= 0.6 is 0 Å². The normalized spacial score (nSPS) is 12.2. The highest BCUT2D eigenvalue weighted by Gasteiger charge is 2.18. The van der Waals surface area contributed by atoms with E-state index in [4.69, 9.17) is 0 Å². The van der Waals surface area contributed by atoms with Gasteiger partial charge >= 0.3 is 0 Å². The number of hydrogen-bond acceptors (Lipinski definition) is 1. The van der Waals surface area contributed by atoms with Crippen LogP contribution in [0.5, 0.6) is 0 Å². The summed E-state index contributed by atoms with van der Waals surface area (Å²) in [5.41, 5.74) is 1.09. The van der Waals surface area contributed by atoms with Gasteiger partial charge < -0.3 is 5.11 Å². The molecule has 100 valence electrons. The molecule has 0 saturated carbocycles. The van der Waals surface area contributed by atoms with Crippen molar-refractivity contribution in [2.24, 2.45) is 5.92 Å². The topological polar surface area (TPSA) is 20.2 Å². The van der Waals surface area contributed by atoms with Crippen molar-refractivity contribution in [3.63, 3.8) is 0 Å². The number of halogens is 2. The van der Waals surface area contributed by atoms with Crippen molar-refractivity contribution in [3.05, 3.63) is 47.5 Å². The summed E-state index contributed by atoms with van der Waals surface area (Å²) in [6.45, 7) is 1.74. The van der Waals surface area contributed by atoms with Gasteiger partial charge in [0.1, 0.15) is 0 Å².